The smallest absolute Gasteiger partial charge is 0.303 e. The van der Waals surface area contributed by atoms with Crippen molar-refractivity contribution >= 4 is 11.7 Å². The van der Waals surface area contributed by atoms with Crippen LogP contribution in [-0.2, 0) is 11.2 Å². The van der Waals surface area contributed by atoms with Crippen LogP contribution in [0.4, 0.5) is 5.69 Å². The van der Waals surface area contributed by atoms with Gasteiger partial charge in [0.2, 0.25) is 0 Å². The van der Waals surface area contributed by atoms with Crippen molar-refractivity contribution < 1.29 is 9.90 Å². The molecule has 1 aliphatic heterocycles. The molecule has 1 aromatic carbocycles. The molecular formula is C12H15NO2. The van der Waals surface area contributed by atoms with Crippen LogP contribution in [-0.4, -0.2) is 17.6 Å². The van der Waals surface area contributed by atoms with Gasteiger partial charge in [-0.3, -0.25) is 4.79 Å². The summed E-state index contributed by atoms with van der Waals surface area (Å²) >= 11 is 0. The van der Waals surface area contributed by atoms with Gasteiger partial charge in [-0.25, -0.2) is 0 Å². The molecule has 0 amide bonds. The Kier molecular flexibility index (Phi) is 2.62. The summed E-state index contributed by atoms with van der Waals surface area (Å²) in [5, 5.41) is 12.0. The molecule has 1 aliphatic rings. The Morgan fingerprint density at radius 1 is 1.60 bits per heavy atom. The Balaban J connectivity index is 2.19. The lowest BCUT2D eigenvalue weighted by molar-refractivity contribution is -0.137. The zero-order valence-corrected chi connectivity index (χ0v) is 8.79. The van der Waals surface area contributed by atoms with Crippen LogP contribution in [0.2, 0.25) is 0 Å². The number of rotatable bonds is 3. The highest BCUT2D eigenvalue weighted by Gasteiger charge is 2.14. The molecule has 0 saturated heterocycles. The quantitative estimate of drug-likeness (QED) is 0.795. The summed E-state index contributed by atoms with van der Waals surface area (Å²) in [5.74, 6) is -0.644. The van der Waals surface area contributed by atoms with Crippen LogP contribution in [0.1, 0.15) is 30.4 Å². The molecule has 2 N–H and O–H groups in total. The van der Waals surface area contributed by atoms with Crippen molar-refractivity contribution in [3.05, 3.63) is 29.3 Å². The average Bonchev–Trinajstić information content (AvgIpc) is 2.62. The van der Waals surface area contributed by atoms with Crippen molar-refractivity contribution in [1.82, 2.24) is 0 Å². The number of nitrogens with one attached hydrogen (secondary N) is 1. The third kappa shape index (κ3) is 2.12. The molecule has 0 aromatic heterocycles. The Labute approximate surface area is 89.1 Å². The first-order valence-corrected chi connectivity index (χ1v) is 5.25. The molecule has 0 saturated carbocycles. The summed E-state index contributed by atoms with van der Waals surface area (Å²) < 4.78 is 0. The molecule has 3 heteroatoms. The lowest BCUT2D eigenvalue weighted by Crippen LogP contribution is -2.03. The fourth-order valence-electron chi connectivity index (χ4n) is 2.01. The van der Waals surface area contributed by atoms with Gasteiger partial charge in [-0.2, -0.15) is 0 Å². The molecule has 15 heavy (non-hydrogen) atoms. The number of anilines is 1. The first kappa shape index (κ1) is 10.0. The minimum Gasteiger partial charge on any atom is -0.481 e. The number of hydrogen-bond donors (Lipinski definition) is 2. The van der Waals surface area contributed by atoms with Crippen LogP contribution >= 0.6 is 0 Å². The van der Waals surface area contributed by atoms with Crippen molar-refractivity contribution in [2.45, 2.75) is 25.7 Å². The van der Waals surface area contributed by atoms with E-state index in [-0.39, 0.29) is 12.3 Å². The number of aliphatic carboxylic acids is 1. The molecule has 0 radical (unpaired) electrons. The highest BCUT2D eigenvalue weighted by atomic mass is 16.4. The van der Waals surface area contributed by atoms with Crippen molar-refractivity contribution in [2.75, 3.05) is 11.9 Å². The maximum absolute atomic E-state index is 10.6. The van der Waals surface area contributed by atoms with Gasteiger partial charge in [-0.15, -0.1) is 0 Å². The van der Waals surface area contributed by atoms with Crippen LogP contribution in [0.15, 0.2) is 18.2 Å². The molecule has 2 rings (SSSR count). The molecule has 0 fully saturated rings. The molecule has 0 bridgehead atoms. The minimum absolute atomic E-state index is 0.0911. The van der Waals surface area contributed by atoms with Gasteiger partial charge >= 0.3 is 5.97 Å². The molecule has 80 valence electrons. The van der Waals surface area contributed by atoms with Crippen LogP contribution in [0.25, 0.3) is 0 Å². The van der Waals surface area contributed by atoms with Gasteiger partial charge in [0.15, 0.2) is 0 Å². The third-order valence-corrected chi connectivity index (χ3v) is 2.89. The van der Waals surface area contributed by atoms with Crippen LogP contribution in [0.5, 0.6) is 0 Å². The maximum Gasteiger partial charge on any atom is 0.303 e. The zero-order valence-electron chi connectivity index (χ0n) is 8.79. The summed E-state index contributed by atoms with van der Waals surface area (Å²) in [5.41, 5.74) is 3.63. The highest BCUT2D eigenvalue weighted by Crippen LogP contribution is 2.27. The Morgan fingerprint density at radius 2 is 2.40 bits per heavy atom. The van der Waals surface area contributed by atoms with Gasteiger partial charge in [-0.05, 0) is 29.5 Å². The average molecular weight is 205 g/mol. The SMILES string of the molecule is CC(CC(=O)O)c1ccc2c(c1)CCN2. The molecule has 1 atom stereocenters. The number of carboxylic acid groups (broad SMARTS) is 1. The van der Waals surface area contributed by atoms with E-state index in [1.807, 2.05) is 13.0 Å². The van der Waals surface area contributed by atoms with Gasteiger partial charge in [0.1, 0.15) is 0 Å². The summed E-state index contributed by atoms with van der Waals surface area (Å²) in [4.78, 5) is 10.6. The van der Waals surface area contributed by atoms with E-state index in [0.29, 0.717) is 0 Å². The molecule has 1 heterocycles. The maximum atomic E-state index is 10.6. The number of carbonyl (C=O) groups is 1. The largest absolute Gasteiger partial charge is 0.481 e. The molecule has 1 unspecified atom stereocenters. The lowest BCUT2D eigenvalue weighted by atomic mass is 9.95. The topological polar surface area (TPSA) is 49.3 Å². The van der Waals surface area contributed by atoms with E-state index >= 15 is 0 Å². The fraction of sp³-hybridized carbons (Fsp3) is 0.417. The molecule has 3 nitrogen and oxygen atoms in total. The summed E-state index contributed by atoms with van der Waals surface area (Å²) in [6.07, 6.45) is 1.25. The van der Waals surface area contributed by atoms with Gasteiger partial charge in [0.25, 0.3) is 0 Å². The molecule has 0 spiro atoms. The van der Waals surface area contributed by atoms with Gasteiger partial charge < -0.3 is 10.4 Å². The second-order valence-electron chi connectivity index (χ2n) is 4.09. The Bertz CT molecular complexity index is 387. The van der Waals surface area contributed by atoms with E-state index in [0.717, 1.165) is 18.5 Å². The third-order valence-electron chi connectivity index (χ3n) is 2.89. The highest BCUT2D eigenvalue weighted by molar-refractivity contribution is 5.68. The van der Waals surface area contributed by atoms with E-state index in [4.69, 9.17) is 5.11 Å². The van der Waals surface area contributed by atoms with E-state index in [1.54, 1.807) is 0 Å². The van der Waals surface area contributed by atoms with E-state index in [9.17, 15) is 4.79 Å². The minimum atomic E-state index is -0.735. The predicted molar refractivity (Wildman–Crippen MR) is 59.3 cm³/mol. The monoisotopic (exact) mass is 205 g/mol. The van der Waals surface area contributed by atoms with Crippen molar-refractivity contribution in [1.29, 1.82) is 0 Å². The molecule has 0 aliphatic carbocycles. The predicted octanol–water partition coefficient (Wildman–Crippen LogP) is 2.23. The van der Waals surface area contributed by atoms with E-state index in [2.05, 4.69) is 17.4 Å². The van der Waals surface area contributed by atoms with Gasteiger partial charge in [0.05, 0.1) is 6.42 Å². The van der Waals surface area contributed by atoms with Crippen molar-refractivity contribution in [3.8, 4) is 0 Å². The van der Waals surface area contributed by atoms with E-state index in [1.165, 1.54) is 11.3 Å². The fourth-order valence-corrected chi connectivity index (χ4v) is 2.01. The van der Waals surface area contributed by atoms with Crippen molar-refractivity contribution in [3.63, 3.8) is 0 Å². The Hall–Kier alpha value is -1.51. The first-order valence-electron chi connectivity index (χ1n) is 5.25. The van der Waals surface area contributed by atoms with Crippen LogP contribution in [0.3, 0.4) is 0 Å². The molecular weight excluding hydrogens is 190 g/mol. The number of carboxylic acids is 1. The zero-order chi connectivity index (χ0) is 10.8. The second-order valence-corrected chi connectivity index (χ2v) is 4.09. The van der Waals surface area contributed by atoms with Crippen LogP contribution < -0.4 is 5.32 Å². The number of fused-ring (bicyclic) bond motifs is 1. The second kappa shape index (κ2) is 3.93. The summed E-state index contributed by atoms with van der Waals surface area (Å²) in [6, 6.07) is 6.20. The summed E-state index contributed by atoms with van der Waals surface area (Å²) in [6.45, 7) is 2.95. The Morgan fingerprint density at radius 3 is 3.13 bits per heavy atom. The summed E-state index contributed by atoms with van der Waals surface area (Å²) in [7, 11) is 0. The van der Waals surface area contributed by atoms with E-state index < -0.39 is 5.97 Å². The van der Waals surface area contributed by atoms with Crippen LogP contribution in [0, 0.1) is 0 Å². The number of hydrogen-bond acceptors (Lipinski definition) is 2. The molecule has 1 aromatic rings. The first-order chi connectivity index (χ1) is 7.16. The standard InChI is InChI=1S/C12H15NO2/c1-8(6-12(14)15)9-2-3-11-10(7-9)4-5-13-11/h2-3,7-8,13H,4-6H2,1H3,(H,14,15). The van der Waals surface area contributed by atoms with Crippen molar-refractivity contribution in [2.24, 2.45) is 0 Å². The number of benzene rings is 1. The van der Waals surface area contributed by atoms with Gasteiger partial charge in [0, 0.05) is 12.2 Å². The normalized spacial score (nSPS) is 15.5. The van der Waals surface area contributed by atoms with Gasteiger partial charge in [-0.1, -0.05) is 19.1 Å². The lowest BCUT2D eigenvalue weighted by Gasteiger charge is -2.10.